The van der Waals surface area contributed by atoms with Crippen molar-refractivity contribution in [3.8, 4) is 0 Å². The molecule has 0 saturated heterocycles. The van der Waals surface area contributed by atoms with Crippen molar-refractivity contribution >= 4 is 31.8 Å². The van der Waals surface area contributed by atoms with E-state index in [0.29, 0.717) is 11.1 Å². The van der Waals surface area contributed by atoms with E-state index in [-0.39, 0.29) is 11.4 Å². The third-order valence-corrected chi connectivity index (χ3v) is 6.10. The van der Waals surface area contributed by atoms with E-state index in [1.54, 1.807) is 24.4 Å². The summed E-state index contributed by atoms with van der Waals surface area (Å²) < 4.78 is 29.9. The fourth-order valence-electron chi connectivity index (χ4n) is 3.18. The number of benzene rings is 2. The van der Waals surface area contributed by atoms with E-state index in [1.165, 1.54) is 6.07 Å². The minimum Gasteiger partial charge on any atom is -0.387 e. The van der Waals surface area contributed by atoms with Gasteiger partial charge in [-0.1, -0.05) is 24.3 Å². The lowest BCUT2D eigenvalue weighted by Crippen LogP contribution is -2.28. The van der Waals surface area contributed by atoms with Crippen LogP contribution in [-0.4, -0.2) is 29.6 Å². The third kappa shape index (κ3) is 3.32. The molecular formula is C20H19N3O3S. The van der Waals surface area contributed by atoms with Gasteiger partial charge in [0.1, 0.15) is 4.90 Å². The van der Waals surface area contributed by atoms with Gasteiger partial charge < -0.3 is 9.67 Å². The maximum absolute atomic E-state index is 12.7. The van der Waals surface area contributed by atoms with Crippen LogP contribution >= 0.6 is 0 Å². The smallest absolute Gasteiger partial charge is 0.242 e. The number of aromatic nitrogens is 2. The van der Waals surface area contributed by atoms with Crippen molar-refractivity contribution in [1.29, 1.82) is 0 Å². The third-order valence-electron chi connectivity index (χ3n) is 4.65. The second-order valence-corrected chi connectivity index (χ2v) is 8.18. The second-order valence-electron chi connectivity index (χ2n) is 6.44. The van der Waals surface area contributed by atoms with E-state index < -0.39 is 16.1 Å². The van der Waals surface area contributed by atoms with Gasteiger partial charge in [0.05, 0.1) is 11.6 Å². The van der Waals surface area contributed by atoms with Crippen LogP contribution in [0.2, 0.25) is 0 Å². The molecule has 4 aromatic rings. The molecule has 0 aliphatic heterocycles. The van der Waals surface area contributed by atoms with Crippen LogP contribution in [0.3, 0.4) is 0 Å². The van der Waals surface area contributed by atoms with Crippen LogP contribution in [0.25, 0.3) is 21.8 Å². The van der Waals surface area contributed by atoms with Crippen molar-refractivity contribution in [2.24, 2.45) is 7.05 Å². The summed E-state index contributed by atoms with van der Waals surface area (Å²) in [6.07, 6.45) is 2.55. The van der Waals surface area contributed by atoms with Gasteiger partial charge in [0.2, 0.25) is 10.0 Å². The fraction of sp³-hybridized carbons (Fsp3) is 0.150. The molecular weight excluding hydrogens is 362 g/mol. The largest absolute Gasteiger partial charge is 0.387 e. The second kappa shape index (κ2) is 6.77. The van der Waals surface area contributed by atoms with E-state index >= 15 is 0 Å². The highest BCUT2D eigenvalue weighted by Gasteiger charge is 2.20. The quantitative estimate of drug-likeness (QED) is 0.557. The lowest BCUT2D eigenvalue weighted by Gasteiger charge is -2.14. The Bertz CT molecular complexity index is 1230. The number of sulfonamides is 1. The van der Waals surface area contributed by atoms with Crippen LogP contribution in [0.5, 0.6) is 0 Å². The molecule has 0 spiro atoms. The lowest BCUT2D eigenvalue weighted by atomic mass is 10.1. The highest BCUT2D eigenvalue weighted by Crippen LogP contribution is 2.23. The molecule has 2 heterocycles. The Kier molecular flexibility index (Phi) is 4.43. The zero-order chi connectivity index (χ0) is 19.0. The Morgan fingerprint density at radius 1 is 1.11 bits per heavy atom. The van der Waals surface area contributed by atoms with E-state index in [1.807, 2.05) is 48.1 Å². The van der Waals surface area contributed by atoms with Crippen molar-refractivity contribution in [2.45, 2.75) is 11.0 Å². The number of nitrogens with one attached hydrogen (secondary N) is 1. The van der Waals surface area contributed by atoms with Crippen LogP contribution in [0, 0.1) is 0 Å². The minimum absolute atomic E-state index is 0.103. The average molecular weight is 381 g/mol. The van der Waals surface area contributed by atoms with Crippen molar-refractivity contribution in [3.63, 3.8) is 0 Å². The molecule has 1 atom stereocenters. The molecule has 0 bridgehead atoms. The van der Waals surface area contributed by atoms with Crippen LogP contribution in [0.4, 0.5) is 0 Å². The average Bonchev–Trinajstić information content (AvgIpc) is 3.06. The molecule has 2 aromatic heterocycles. The van der Waals surface area contributed by atoms with Crippen LogP contribution in [-0.2, 0) is 17.1 Å². The van der Waals surface area contributed by atoms with Crippen molar-refractivity contribution in [3.05, 3.63) is 72.6 Å². The van der Waals surface area contributed by atoms with E-state index in [0.717, 1.165) is 16.3 Å². The van der Waals surface area contributed by atoms with Gasteiger partial charge in [-0.2, -0.15) is 0 Å². The van der Waals surface area contributed by atoms with Gasteiger partial charge in [-0.15, -0.1) is 0 Å². The molecule has 0 aliphatic carbocycles. The van der Waals surface area contributed by atoms with Gasteiger partial charge in [0, 0.05) is 36.9 Å². The summed E-state index contributed by atoms with van der Waals surface area (Å²) in [5.74, 6) is 0. The molecule has 6 nitrogen and oxygen atoms in total. The summed E-state index contributed by atoms with van der Waals surface area (Å²) in [6, 6.07) is 16.1. The molecule has 0 radical (unpaired) electrons. The molecule has 2 aromatic carbocycles. The minimum atomic E-state index is -3.80. The number of aliphatic hydroxyl groups is 1. The number of aliphatic hydroxyl groups excluding tert-OH is 1. The Hall–Kier alpha value is -2.74. The molecule has 27 heavy (non-hydrogen) atoms. The molecule has 138 valence electrons. The summed E-state index contributed by atoms with van der Waals surface area (Å²) >= 11 is 0. The van der Waals surface area contributed by atoms with Crippen molar-refractivity contribution < 1.29 is 13.5 Å². The van der Waals surface area contributed by atoms with E-state index in [2.05, 4.69) is 9.71 Å². The number of rotatable bonds is 5. The number of nitrogens with zero attached hydrogens (tertiary/aromatic N) is 2. The summed E-state index contributed by atoms with van der Waals surface area (Å²) in [5, 5.41) is 12.2. The van der Waals surface area contributed by atoms with Gasteiger partial charge >= 0.3 is 0 Å². The molecule has 4 rings (SSSR count). The number of aryl methyl sites for hydroxylation is 1. The first-order valence-electron chi connectivity index (χ1n) is 8.52. The first-order valence-corrected chi connectivity index (χ1v) is 10.0. The zero-order valence-electron chi connectivity index (χ0n) is 14.7. The van der Waals surface area contributed by atoms with Gasteiger partial charge in [-0.05, 0) is 41.3 Å². The number of pyridine rings is 1. The summed E-state index contributed by atoms with van der Waals surface area (Å²) in [4.78, 5) is 4.29. The van der Waals surface area contributed by atoms with Gasteiger partial charge in [-0.25, -0.2) is 13.1 Å². The highest BCUT2D eigenvalue weighted by atomic mass is 32.2. The predicted octanol–water partition coefficient (Wildman–Crippen LogP) is 2.74. The van der Waals surface area contributed by atoms with Crippen LogP contribution < -0.4 is 4.72 Å². The lowest BCUT2D eigenvalue weighted by molar-refractivity contribution is 0.182. The summed E-state index contributed by atoms with van der Waals surface area (Å²) in [5.41, 5.74) is 2.12. The SMILES string of the molecule is Cn1ccc2cc(C(O)CNS(=O)(=O)c3cccc4cccnc34)ccc21. The summed E-state index contributed by atoms with van der Waals surface area (Å²) in [7, 11) is -1.86. The van der Waals surface area contributed by atoms with Crippen molar-refractivity contribution in [2.75, 3.05) is 6.54 Å². The van der Waals surface area contributed by atoms with Gasteiger partial charge in [0.15, 0.2) is 0 Å². The monoisotopic (exact) mass is 381 g/mol. The molecule has 7 heteroatoms. The van der Waals surface area contributed by atoms with Gasteiger partial charge in [-0.3, -0.25) is 4.98 Å². The topological polar surface area (TPSA) is 84.2 Å². The molecule has 1 unspecified atom stereocenters. The zero-order valence-corrected chi connectivity index (χ0v) is 15.5. The summed E-state index contributed by atoms with van der Waals surface area (Å²) in [6.45, 7) is -0.121. The predicted molar refractivity (Wildman–Crippen MR) is 105 cm³/mol. The standard InChI is InChI=1S/C20H19N3O3S/c1-23-11-9-15-12-16(7-8-17(15)23)18(24)13-22-27(25,26)19-6-2-4-14-5-3-10-21-20(14)19/h2-12,18,22,24H,13H2,1H3. The Labute approximate surface area is 157 Å². The normalized spacial score (nSPS) is 13.3. The molecule has 0 fully saturated rings. The number of para-hydroxylation sites is 1. The van der Waals surface area contributed by atoms with Crippen LogP contribution in [0.1, 0.15) is 11.7 Å². The maximum Gasteiger partial charge on any atom is 0.242 e. The van der Waals surface area contributed by atoms with Gasteiger partial charge in [0.25, 0.3) is 0 Å². The number of hydrogen-bond acceptors (Lipinski definition) is 4. The Balaban J connectivity index is 1.57. The molecule has 0 amide bonds. The van der Waals surface area contributed by atoms with E-state index in [9.17, 15) is 13.5 Å². The van der Waals surface area contributed by atoms with Crippen LogP contribution in [0.15, 0.2) is 71.9 Å². The molecule has 0 aliphatic rings. The molecule has 0 saturated carbocycles. The fourth-order valence-corrected chi connectivity index (χ4v) is 4.40. The molecule has 2 N–H and O–H groups in total. The Morgan fingerprint density at radius 2 is 1.93 bits per heavy atom. The Morgan fingerprint density at radius 3 is 2.78 bits per heavy atom. The van der Waals surface area contributed by atoms with E-state index in [4.69, 9.17) is 0 Å². The number of hydrogen-bond donors (Lipinski definition) is 2. The first kappa shape index (κ1) is 17.7. The van der Waals surface area contributed by atoms with Crippen molar-refractivity contribution in [1.82, 2.24) is 14.3 Å². The first-order chi connectivity index (χ1) is 13.0. The maximum atomic E-state index is 12.7. The number of fused-ring (bicyclic) bond motifs is 2. The highest BCUT2D eigenvalue weighted by molar-refractivity contribution is 7.89.